The normalized spacial score (nSPS) is 11.2. The summed E-state index contributed by atoms with van der Waals surface area (Å²) < 4.78 is 10.1. The summed E-state index contributed by atoms with van der Waals surface area (Å²) >= 11 is 0. The summed E-state index contributed by atoms with van der Waals surface area (Å²) in [4.78, 5) is 107. The van der Waals surface area contributed by atoms with Crippen molar-refractivity contribution in [2.75, 3.05) is 86.3 Å². The molecule has 80 heavy (non-hydrogen) atoms. The van der Waals surface area contributed by atoms with E-state index < -0.39 is 23.6 Å². The number of aryl methyl sites for hydroxylation is 6. The fourth-order valence-electron chi connectivity index (χ4n) is 9.28. The highest BCUT2D eigenvalue weighted by molar-refractivity contribution is 6.09. The summed E-state index contributed by atoms with van der Waals surface area (Å²) in [6.07, 6.45) is 19.9. The second-order valence-corrected chi connectivity index (χ2v) is 20.5. The first-order valence-electron chi connectivity index (χ1n) is 26.9. The van der Waals surface area contributed by atoms with Crippen molar-refractivity contribution in [1.29, 1.82) is 0 Å². The number of anilines is 6. The van der Waals surface area contributed by atoms with Crippen LogP contribution in [-0.2, 0) is 50.9 Å². The molecule has 0 radical (unpaired) electrons. The van der Waals surface area contributed by atoms with Gasteiger partial charge < -0.3 is 79.7 Å². The SMILES string of the molecule is CN(C)CCCNC(=O)c1cc(NC(=O)c2cc(NC(=O)c3cc(NC=O)cn3C)cn2CCCCCCCCCCn2cc(NC(=O)c3cc(NC=O)cn3C)cc2C(=O)Nc2cc(C(=O)NCCCN(C)C)n(C)c2)cn1C. The van der Waals surface area contributed by atoms with Crippen molar-refractivity contribution in [3.63, 3.8) is 0 Å². The first-order chi connectivity index (χ1) is 38.3. The quantitative estimate of drug-likeness (QED) is 0.0177. The first kappa shape index (κ1) is 60.6. The first-order valence-corrected chi connectivity index (χ1v) is 26.9. The standard InChI is InChI=1S/C56H78N16O8/c1-65(2)21-17-19-57-51(75)45-27-41(33-69(45)7)61-55(79)49-29-43(63-53(77)47-25-39(59-37-73)31-67(47)5)35-71(49)23-15-13-11-9-10-12-14-16-24-72-36-44(64-54(78)48-26-40(60-38-74)32-68(48)6)30-50(72)56(80)62-42-28-46(70(8)34-42)52(76)58-20-18-22-66(3)4/h25-38H,9-24H2,1-8H3,(H,57,75)(H,58,76)(H,59,73)(H,60,74)(H,61,79)(H,62,80)(H,63,77)(H,64,78). The molecule has 0 spiro atoms. The summed E-state index contributed by atoms with van der Waals surface area (Å²) in [5.74, 6) is -2.16. The molecule has 0 aliphatic carbocycles. The number of hydrogen-bond donors (Lipinski definition) is 8. The van der Waals surface area contributed by atoms with Crippen molar-refractivity contribution in [3.8, 4) is 0 Å². The van der Waals surface area contributed by atoms with E-state index in [1.165, 1.54) is 0 Å². The highest BCUT2D eigenvalue weighted by Crippen LogP contribution is 2.24. The average molecular weight is 1100 g/mol. The number of carbonyl (C=O) groups excluding carboxylic acids is 8. The molecule has 430 valence electrons. The van der Waals surface area contributed by atoms with E-state index in [-0.39, 0.29) is 11.8 Å². The van der Waals surface area contributed by atoms with E-state index in [1.54, 1.807) is 120 Å². The van der Waals surface area contributed by atoms with Gasteiger partial charge in [-0.2, -0.15) is 0 Å². The average Bonchev–Trinajstić information content (AvgIpc) is 4.32. The molecule has 0 saturated carbocycles. The predicted molar refractivity (Wildman–Crippen MR) is 310 cm³/mol. The van der Waals surface area contributed by atoms with Crippen molar-refractivity contribution in [2.45, 2.75) is 77.3 Å². The molecule has 24 heteroatoms. The maximum Gasteiger partial charge on any atom is 0.272 e. The van der Waals surface area contributed by atoms with Crippen LogP contribution in [0.3, 0.4) is 0 Å². The molecule has 0 bridgehead atoms. The van der Waals surface area contributed by atoms with Gasteiger partial charge in [-0.05, 0) is 103 Å². The third-order valence-electron chi connectivity index (χ3n) is 13.4. The fraction of sp³-hybridized carbons (Fsp3) is 0.429. The zero-order valence-corrected chi connectivity index (χ0v) is 47.2. The van der Waals surface area contributed by atoms with E-state index in [2.05, 4.69) is 42.5 Å². The number of aromatic nitrogens is 6. The van der Waals surface area contributed by atoms with Crippen LogP contribution in [0.5, 0.6) is 0 Å². The molecule has 8 N–H and O–H groups in total. The largest absolute Gasteiger partial charge is 0.351 e. The lowest BCUT2D eigenvalue weighted by molar-refractivity contribution is -0.106. The Hall–Kier alpha value is -8.64. The Balaban J connectivity index is 1.03. The van der Waals surface area contributed by atoms with Crippen LogP contribution in [0.4, 0.5) is 34.1 Å². The highest BCUT2D eigenvalue weighted by atomic mass is 16.2. The van der Waals surface area contributed by atoms with Crippen LogP contribution in [-0.4, -0.2) is 140 Å². The van der Waals surface area contributed by atoms with Gasteiger partial charge >= 0.3 is 0 Å². The Kier molecular flexibility index (Phi) is 22.2. The van der Waals surface area contributed by atoms with Gasteiger partial charge in [-0.15, -0.1) is 0 Å². The zero-order valence-electron chi connectivity index (χ0n) is 47.2. The molecule has 24 nitrogen and oxygen atoms in total. The van der Waals surface area contributed by atoms with Gasteiger partial charge in [0.2, 0.25) is 12.8 Å². The van der Waals surface area contributed by atoms with Gasteiger partial charge in [-0.1, -0.05) is 38.5 Å². The third kappa shape index (κ3) is 17.4. The van der Waals surface area contributed by atoms with Crippen molar-refractivity contribution in [1.82, 2.24) is 47.8 Å². The van der Waals surface area contributed by atoms with E-state index in [0.29, 0.717) is 107 Å². The Labute approximate surface area is 466 Å². The van der Waals surface area contributed by atoms with Crippen LogP contribution < -0.4 is 42.5 Å². The summed E-state index contributed by atoms with van der Waals surface area (Å²) in [5.41, 5.74) is 4.70. The molecule has 6 aromatic heterocycles. The van der Waals surface area contributed by atoms with E-state index in [9.17, 15) is 38.4 Å². The third-order valence-corrected chi connectivity index (χ3v) is 13.4. The van der Waals surface area contributed by atoms with Crippen molar-refractivity contribution >= 4 is 82.4 Å². The number of amides is 8. The number of rotatable bonds is 33. The Morgan fingerprint density at radius 1 is 0.375 bits per heavy atom. The van der Waals surface area contributed by atoms with Gasteiger partial charge in [0, 0.05) is 91.6 Å². The summed E-state index contributed by atoms with van der Waals surface area (Å²) in [6.45, 7) is 3.69. The molecular weight excluding hydrogens is 1020 g/mol. The topological polar surface area (TPSA) is 269 Å². The second-order valence-electron chi connectivity index (χ2n) is 20.5. The number of nitrogens with one attached hydrogen (secondary N) is 8. The van der Waals surface area contributed by atoms with Gasteiger partial charge in [0.05, 0.1) is 34.1 Å². The summed E-state index contributed by atoms with van der Waals surface area (Å²) in [7, 11) is 14.8. The molecule has 0 aliphatic rings. The van der Waals surface area contributed by atoms with Gasteiger partial charge in [0.15, 0.2) is 0 Å². The van der Waals surface area contributed by atoms with Gasteiger partial charge in [0.25, 0.3) is 35.4 Å². The van der Waals surface area contributed by atoms with Crippen LogP contribution in [0.25, 0.3) is 0 Å². The molecule has 0 saturated heterocycles. The lowest BCUT2D eigenvalue weighted by atomic mass is 10.1. The maximum atomic E-state index is 13.9. The summed E-state index contributed by atoms with van der Waals surface area (Å²) in [6, 6.07) is 9.61. The van der Waals surface area contributed by atoms with Crippen LogP contribution in [0, 0.1) is 0 Å². The molecule has 8 amide bonds. The second kappa shape index (κ2) is 29.4. The van der Waals surface area contributed by atoms with Gasteiger partial charge in [-0.25, -0.2) is 0 Å². The number of nitrogens with zero attached hydrogens (tertiary/aromatic N) is 8. The van der Waals surface area contributed by atoms with E-state index >= 15 is 0 Å². The molecule has 6 rings (SSSR count). The number of carbonyl (C=O) groups is 8. The van der Waals surface area contributed by atoms with Crippen LogP contribution in [0.1, 0.15) is 127 Å². The van der Waals surface area contributed by atoms with Gasteiger partial charge in [-0.3, -0.25) is 38.4 Å². The smallest absolute Gasteiger partial charge is 0.272 e. The fourth-order valence-corrected chi connectivity index (χ4v) is 9.28. The zero-order chi connectivity index (χ0) is 57.9. The molecular formula is C56H78N16O8. The van der Waals surface area contributed by atoms with Crippen molar-refractivity contribution < 1.29 is 38.4 Å². The highest BCUT2D eigenvalue weighted by Gasteiger charge is 2.22. The number of unbranched alkanes of at least 4 members (excludes halogenated alkanes) is 7. The number of hydrogen-bond acceptors (Lipinski definition) is 10. The Bertz CT molecular complexity index is 2910. The molecule has 6 heterocycles. The predicted octanol–water partition coefficient (Wildman–Crippen LogP) is 5.97. The Morgan fingerprint density at radius 2 is 0.650 bits per heavy atom. The van der Waals surface area contributed by atoms with Gasteiger partial charge in [0.1, 0.15) is 34.2 Å². The molecule has 0 atom stereocenters. The van der Waals surface area contributed by atoms with Crippen molar-refractivity contribution in [3.05, 3.63) is 108 Å². The van der Waals surface area contributed by atoms with E-state index in [4.69, 9.17) is 0 Å². The van der Waals surface area contributed by atoms with E-state index in [0.717, 1.165) is 77.3 Å². The van der Waals surface area contributed by atoms with Crippen LogP contribution in [0.15, 0.2) is 73.6 Å². The molecule has 0 aliphatic heterocycles. The van der Waals surface area contributed by atoms with E-state index in [1.807, 2.05) is 47.1 Å². The molecule has 6 aromatic rings. The lowest BCUT2D eigenvalue weighted by Crippen LogP contribution is -2.28. The minimum atomic E-state index is -0.423. The van der Waals surface area contributed by atoms with Crippen LogP contribution in [0.2, 0.25) is 0 Å². The lowest BCUT2D eigenvalue weighted by Gasteiger charge is -2.10. The van der Waals surface area contributed by atoms with Crippen LogP contribution >= 0.6 is 0 Å². The van der Waals surface area contributed by atoms with Crippen molar-refractivity contribution in [2.24, 2.45) is 28.2 Å². The molecule has 0 unspecified atom stereocenters. The Morgan fingerprint density at radius 3 is 0.988 bits per heavy atom. The maximum absolute atomic E-state index is 13.9. The minimum absolute atomic E-state index is 0.248. The minimum Gasteiger partial charge on any atom is -0.351 e. The summed E-state index contributed by atoms with van der Waals surface area (Å²) in [5, 5.41) is 22.6. The molecule has 0 aromatic carbocycles. The molecule has 0 fully saturated rings. The monoisotopic (exact) mass is 1100 g/mol.